The lowest BCUT2D eigenvalue weighted by Gasteiger charge is -2.40. The molecule has 2 fully saturated rings. The number of hydrogen-bond donors (Lipinski definition) is 0. The fraction of sp³-hybridized carbons (Fsp3) is 0.435. The summed E-state index contributed by atoms with van der Waals surface area (Å²) < 4.78 is 10.7. The van der Waals surface area contributed by atoms with E-state index in [-0.39, 0.29) is 11.3 Å². The number of pyridine rings is 2. The summed E-state index contributed by atoms with van der Waals surface area (Å²) in [5, 5.41) is 4.38. The Bertz CT molecular complexity index is 1040. The number of rotatable bonds is 6. The van der Waals surface area contributed by atoms with Crippen molar-refractivity contribution in [1.29, 1.82) is 0 Å². The van der Waals surface area contributed by atoms with E-state index in [1.165, 1.54) is 12.8 Å². The molecule has 2 aliphatic rings. The van der Waals surface area contributed by atoms with Crippen molar-refractivity contribution in [2.75, 3.05) is 20.2 Å². The SMILES string of the molecule is COc1ccc(C(=O)N2CCC(CC3CC3)(c3noc(-c4ccncc4)n3)CC2)cn1. The van der Waals surface area contributed by atoms with E-state index in [1.54, 1.807) is 37.8 Å². The Morgan fingerprint density at radius 1 is 1.19 bits per heavy atom. The van der Waals surface area contributed by atoms with Crippen LogP contribution in [0.4, 0.5) is 0 Å². The number of piperidine rings is 1. The minimum atomic E-state index is -0.148. The topological polar surface area (TPSA) is 94.2 Å². The van der Waals surface area contributed by atoms with Crippen LogP contribution in [0, 0.1) is 5.92 Å². The molecule has 0 atom stereocenters. The van der Waals surface area contributed by atoms with Crippen molar-refractivity contribution in [1.82, 2.24) is 25.0 Å². The average Bonchev–Trinajstić information content (AvgIpc) is 3.49. The molecule has 0 radical (unpaired) electrons. The van der Waals surface area contributed by atoms with Crippen LogP contribution in [-0.2, 0) is 5.41 Å². The molecule has 3 aromatic rings. The number of amides is 1. The van der Waals surface area contributed by atoms with Crippen molar-refractivity contribution in [2.45, 2.75) is 37.5 Å². The lowest BCUT2D eigenvalue weighted by atomic mass is 9.73. The van der Waals surface area contributed by atoms with Gasteiger partial charge in [-0.1, -0.05) is 18.0 Å². The standard InChI is InChI=1S/C23H25N5O3/c1-30-19-5-4-18(15-25-19)21(29)28-12-8-23(9-13-28,14-16-2-3-16)22-26-20(31-27-22)17-6-10-24-11-7-17/h4-7,10-11,15-16H,2-3,8-9,12-14H2,1H3. The first kappa shape index (κ1) is 19.7. The molecule has 0 spiro atoms. The van der Waals surface area contributed by atoms with E-state index in [0.29, 0.717) is 30.4 Å². The van der Waals surface area contributed by atoms with E-state index in [0.717, 1.165) is 36.6 Å². The lowest BCUT2D eigenvalue weighted by Crippen LogP contribution is -2.46. The van der Waals surface area contributed by atoms with E-state index in [4.69, 9.17) is 14.2 Å². The number of carbonyl (C=O) groups is 1. The van der Waals surface area contributed by atoms with Gasteiger partial charge >= 0.3 is 0 Å². The van der Waals surface area contributed by atoms with E-state index in [2.05, 4.69) is 15.1 Å². The predicted octanol–water partition coefficient (Wildman–Crippen LogP) is 3.51. The summed E-state index contributed by atoms with van der Waals surface area (Å²) in [6, 6.07) is 7.22. The predicted molar refractivity (Wildman–Crippen MR) is 112 cm³/mol. The minimum absolute atomic E-state index is 0.000705. The third-order valence-electron chi connectivity index (χ3n) is 6.40. The Morgan fingerprint density at radius 2 is 1.97 bits per heavy atom. The molecular weight excluding hydrogens is 394 g/mol. The van der Waals surface area contributed by atoms with E-state index in [9.17, 15) is 4.79 Å². The maximum atomic E-state index is 13.0. The van der Waals surface area contributed by atoms with E-state index >= 15 is 0 Å². The van der Waals surface area contributed by atoms with Crippen molar-refractivity contribution >= 4 is 5.91 Å². The highest BCUT2D eigenvalue weighted by Gasteiger charge is 2.44. The molecule has 1 saturated heterocycles. The van der Waals surface area contributed by atoms with Crippen LogP contribution in [0.2, 0.25) is 0 Å². The van der Waals surface area contributed by atoms with Gasteiger partial charge in [-0.15, -0.1) is 0 Å². The van der Waals surface area contributed by atoms with Gasteiger partial charge in [0.25, 0.3) is 11.8 Å². The highest BCUT2D eigenvalue weighted by molar-refractivity contribution is 5.94. The molecule has 1 saturated carbocycles. The van der Waals surface area contributed by atoms with Crippen LogP contribution in [0.25, 0.3) is 11.5 Å². The van der Waals surface area contributed by atoms with Crippen molar-refractivity contribution in [3.8, 4) is 17.3 Å². The molecule has 31 heavy (non-hydrogen) atoms. The second-order valence-corrected chi connectivity index (χ2v) is 8.47. The van der Waals surface area contributed by atoms with Crippen LogP contribution < -0.4 is 4.74 Å². The van der Waals surface area contributed by atoms with Gasteiger partial charge in [-0.2, -0.15) is 4.98 Å². The number of aromatic nitrogens is 4. The van der Waals surface area contributed by atoms with Gasteiger partial charge < -0.3 is 14.2 Å². The van der Waals surface area contributed by atoms with Crippen LogP contribution in [0.1, 0.15) is 48.3 Å². The number of hydrogen-bond acceptors (Lipinski definition) is 7. The van der Waals surface area contributed by atoms with Crippen molar-refractivity contribution in [3.63, 3.8) is 0 Å². The van der Waals surface area contributed by atoms with Crippen LogP contribution >= 0.6 is 0 Å². The number of nitrogens with zero attached hydrogens (tertiary/aromatic N) is 5. The van der Waals surface area contributed by atoms with Crippen molar-refractivity contribution in [3.05, 3.63) is 54.2 Å². The molecule has 160 valence electrons. The maximum absolute atomic E-state index is 13.0. The largest absolute Gasteiger partial charge is 0.481 e. The first-order chi connectivity index (χ1) is 15.2. The third kappa shape index (κ3) is 4.02. The summed E-state index contributed by atoms with van der Waals surface area (Å²) in [4.78, 5) is 27.8. The zero-order valence-electron chi connectivity index (χ0n) is 17.5. The van der Waals surface area contributed by atoms with Gasteiger partial charge in [-0.3, -0.25) is 9.78 Å². The zero-order valence-corrected chi connectivity index (χ0v) is 17.5. The first-order valence-electron chi connectivity index (χ1n) is 10.7. The molecule has 0 unspecified atom stereocenters. The fourth-order valence-corrected chi connectivity index (χ4v) is 4.39. The molecule has 8 nitrogen and oxygen atoms in total. The quantitative estimate of drug-likeness (QED) is 0.603. The molecule has 3 aromatic heterocycles. The summed E-state index contributed by atoms with van der Waals surface area (Å²) in [6.45, 7) is 1.33. The monoisotopic (exact) mass is 419 g/mol. The van der Waals surface area contributed by atoms with E-state index in [1.807, 2.05) is 17.0 Å². The highest BCUT2D eigenvalue weighted by atomic mass is 16.5. The smallest absolute Gasteiger partial charge is 0.258 e. The Balaban J connectivity index is 1.33. The number of methoxy groups -OCH3 is 1. The summed E-state index contributed by atoms with van der Waals surface area (Å²) in [5.74, 6) is 2.51. The maximum Gasteiger partial charge on any atom is 0.258 e. The summed E-state index contributed by atoms with van der Waals surface area (Å²) in [5.41, 5.74) is 1.30. The lowest BCUT2D eigenvalue weighted by molar-refractivity contribution is 0.0645. The molecule has 0 aromatic carbocycles. The molecule has 0 bridgehead atoms. The van der Waals surface area contributed by atoms with Crippen molar-refractivity contribution in [2.24, 2.45) is 5.92 Å². The minimum Gasteiger partial charge on any atom is -0.481 e. The van der Waals surface area contributed by atoms with Gasteiger partial charge in [0.2, 0.25) is 5.88 Å². The first-order valence-corrected chi connectivity index (χ1v) is 10.7. The summed E-state index contributed by atoms with van der Waals surface area (Å²) >= 11 is 0. The molecule has 5 rings (SSSR count). The van der Waals surface area contributed by atoms with Gasteiger partial charge in [-0.05, 0) is 43.4 Å². The molecule has 1 aliphatic carbocycles. The number of carbonyl (C=O) groups excluding carboxylic acids is 1. The van der Waals surface area contributed by atoms with Crippen LogP contribution in [0.15, 0.2) is 47.4 Å². The Kier molecular flexibility index (Phi) is 5.13. The van der Waals surface area contributed by atoms with Crippen LogP contribution in [0.3, 0.4) is 0 Å². The molecule has 1 aliphatic heterocycles. The average molecular weight is 419 g/mol. The van der Waals surface area contributed by atoms with Gasteiger partial charge in [0.05, 0.1) is 12.7 Å². The normalized spacial score (nSPS) is 18.0. The second kappa shape index (κ2) is 8.09. The highest BCUT2D eigenvalue weighted by Crippen LogP contribution is 2.47. The summed E-state index contributed by atoms with van der Waals surface area (Å²) in [6.07, 6.45) is 10.2. The van der Waals surface area contributed by atoms with E-state index < -0.39 is 0 Å². The van der Waals surface area contributed by atoms with Crippen LogP contribution in [0.5, 0.6) is 5.88 Å². The third-order valence-corrected chi connectivity index (χ3v) is 6.40. The molecule has 4 heterocycles. The summed E-state index contributed by atoms with van der Waals surface area (Å²) in [7, 11) is 1.56. The molecule has 1 amide bonds. The number of likely N-dealkylation sites (tertiary alicyclic amines) is 1. The van der Waals surface area contributed by atoms with Gasteiger partial charge in [0, 0.05) is 48.7 Å². The molecule has 0 N–H and O–H groups in total. The fourth-order valence-electron chi connectivity index (χ4n) is 4.39. The van der Waals surface area contributed by atoms with Crippen LogP contribution in [-0.4, -0.2) is 51.1 Å². The molecule has 8 heteroatoms. The molecular formula is C23H25N5O3. The number of ether oxygens (including phenoxy) is 1. The second-order valence-electron chi connectivity index (χ2n) is 8.47. The Labute approximate surface area is 180 Å². The van der Waals surface area contributed by atoms with Crippen molar-refractivity contribution < 1.29 is 14.1 Å². The van der Waals surface area contributed by atoms with Gasteiger partial charge in [0.1, 0.15) is 0 Å². The zero-order chi connectivity index (χ0) is 21.3. The Hall–Kier alpha value is -3.29. The van der Waals surface area contributed by atoms with Gasteiger partial charge in [0.15, 0.2) is 5.82 Å². The Morgan fingerprint density at radius 3 is 2.61 bits per heavy atom. The van der Waals surface area contributed by atoms with Gasteiger partial charge in [-0.25, -0.2) is 4.98 Å².